The Bertz CT molecular complexity index is 1190. The summed E-state index contributed by atoms with van der Waals surface area (Å²) in [6.45, 7) is 0. The second-order valence-electron chi connectivity index (χ2n) is 8.48. The van der Waals surface area contributed by atoms with Crippen LogP contribution in [-0.4, -0.2) is 20.7 Å². The van der Waals surface area contributed by atoms with E-state index in [1.807, 2.05) is 36.8 Å². The van der Waals surface area contributed by atoms with Gasteiger partial charge in [0.05, 0.1) is 5.69 Å². The average Bonchev–Trinajstić information content (AvgIpc) is 3.57. The van der Waals surface area contributed by atoms with Gasteiger partial charge in [0, 0.05) is 51.3 Å². The first-order valence-electron chi connectivity index (χ1n) is 11.3. The van der Waals surface area contributed by atoms with E-state index in [0.29, 0.717) is 6.42 Å². The Morgan fingerprint density at radius 3 is 2.77 bits per heavy atom. The van der Waals surface area contributed by atoms with Crippen molar-refractivity contribution in [3.63, 3.8) is 0 Å². The highest BCUT2D eigenvalue weighted by Crippen LogP contribution is 2.34. The van der Waals surface area contributed by atoms with Crippen LogP contribution in [0.1, 0.15) is 59.5 Å². The van der Waals surface area contributed by atoms with Gasteiger partial charge in [0.25, 0.3) is 0 Å². The number of ketones is 1. The normalized spacial score (nSPS) is 14.5. The Labute approximate surface area is 186 Å². The van der Waals surface area contributed by atoms with E-state index in [1.165, 1.54) is 41.0 Å². The summed E-state index contributed by atoms with van der Waals surface area (Å²) >= 11 is 1.81. The third-order valence-corrected chi connectivity index (χ3v) is 7.61. The van der Waals surface area contributed by atoms with Gasteiger partial charge in [0.2, 0.25) is 0 Å². The first-order chi connectivity index (χ1) is 15.3. The van der Waals surface area contributed by atoms with Gasteiger partial charge in [0.15, 0.2) is 5.78 Å². The van der Waals surface area contributed by atoms with Crippen LogP contribution in [0.2, 0.25) is 0 Å². The number of thiophene rings is 1. The first kappa shape index (κ1) is 20.1. The number of aromatic amines is 1. The highest BCUT2D eigenvalue weighted by molar-refractivity contribution is 7.15. The summed E-state index contributed by atoms with van der Waals surface area (Å²) < 4.78 is 0. The highest BCUT2D eigenvalue weighted by Gasteiger charge is 2.18. The van der Waals surface area contributed by atoms with E-state index >= 15 is 0 Å². The topological polar surface area (TPSA) is 58.6 Å². The molecule has 1 aliphatic rings. The number of rotatable bonds is 8. The molecule has 0 aliphatic heterocycles. The highest BCUT2D eigenvalue weighted by atomic mass is 32.1. The van der Waals surface area contributed by atoms with Crippen molar-refractivity contribution in [2.75, 3.05) is 0 Å². The van der Waals surface area contributed by atoms with Gasteiger partial charge in [-0.25, -0.2) is 4.98 Å². The van der Waals surface area contributed by atoms with Crippen molar-refractivity contribution in [2.45, 2.75) is 51.4 Å². The van der Waals surface area contributed by atoms with Crippen LogP contribution in [0, 0.1) is 5.92 Å². The minimum atomic E-state index is 0.258. The molecule has 1 fully saturated rings. The van der Waals surface area contributed by atoms with Gasteiger partial charge in [-0.05, 0) is 61.6 Å². The van der Waals surface area contributed by atoms with Gasteiger partial charge >= 0.3 is 0 Å². The number of fused-ring (bicyclic) bond motifs is 1. The van der Waals surface area contributed by atoms with Crippen LogP contribution in [-0.2, 0) is 12.8 Å². The monoisotopic (exact) mass is 429 g/mol. The first-order valence-corrected chi connectivity index (χ1v) is 12.1. The predicted molar refractivity (Wildman–Crippen MR) is 127 cm³/mol. The number of nitrogens with one attached hydrogen (secondary N) is 1. The molecule has 0 spiro atoms. The zero-order chi connectivity index (χ0) is 21.0. The second kappa shape index (κ2) is 9.15. The molecule has 1 N–H and O–H groups in total. The van der Waals surface area contributed by atoms with Crippen LogP contribution >= 0.6 is 11.3 Å². The number of aromatic nitrogens is 3. The Hall–Kier alpha value is -2.79. The fraction of sp³-hybridized carbons (Fsp3) is 0.346. The summed E-state index contributed by atoms with van der Waals surface area (Å²) in [5, 5.41) is 1.15. The van der Waals surface area contributed by atoms with E-state index in [4.69, 9.17) is 0 Å². The number of hydrogen-bond donors (Lipinski definition) is 1. The van der Waals surface area contributed by atoms with E-state index in [1.54, 1.807) is 11.3 Å². The van der Waals surface area contributed by atoms with E-state index in [9.17, 15) is 4.79 Å². The maximum Gasteiger partial charge on any atom is 0.164 e. The maximum atomic E-state index is 12.9. The van der Waals surface area contributed by atoms with E-state index in [0.717, 1.165) is 47.5 Å². The quantitative estimate of drug-likeness (QED) is 0.320. The Morgan fingerprint density at radius 1 is 1.03 bits per heavy atom. The summed E-state index contributed by atoms with van der Waals surface area (Å²) in [5.41, 5.74) is 3.87. The van der Waals surface area contributed by atoms with Crippen LogP contribution in [0.5, 0.6) is 0 Å². The molecular formula is C26H27N3OS. The van der Waals surface area contributed by atoms with E-state index < -0.39 is 0 Å². The molecule has 4 heterocycles. The molecule has 0 saturated heterocycles. The van der Waals surface area contributed by atoms with Crippen molar-refractivity contribution in [3.8, 4) is 10.4 Å². The van der Waals surface area contributed by atoms with Crippen LogP contribution in [0.25, 0.3) is 21.5 Å². The molecule has 31 heavy (non-hydrogen) atoms. The lowest BCUT2D eigenvalue weighted by Gasteiger charge is -2.10. The zero-order valence-electron chi connectivity index (χ0n) is 17.6. The predicted octanol–water partition coefficient (Wildman–Crippen LogP) is 6.62. The molecule has 5 rings (SSSR count). The smallest absolute Gasteiger partial charge is 0.164 e. The van der Waals surface area contributed by atoms with Gasteiger partial charge in [-0.2, -0.15) is 0 Å². The number of hydrogen-bond acceptors (Lipinski definition) is 4. The molecule has 0 aromatic carbocycles. The number of aryl methyl sites for hydroxylation is 2. The number of Topliss-reactive ketones (excluding diaryl/α,β-unsaturated/α-hetero) is 1. The van der Waals surface area contributed by atoms with Crippen molar-refractivity contribution in [3.05, 3.63) is 71.1 Å². The summed E-state index contributed by atoms with van der Waals surface area (Å²) in [4.78, 5) is 27.6. The van der Waals surface area contributed by atoms with Crippen molar-refractivity contribution in [1.29, 1.82) is 0 Å². The lowest BCUT2D eigenvalue weighted by molar-refractivity contribution is 0.0972. The molecule has 0 bridgehead atoms. The van der Waals surface area contributed by atoms with E-state index in [-0.39, 0.29) is 5.78 Å². The molecule has 4 nitrogen and oxygen atoms in total. The molecule has 0 radical (unpaired) electrons. The van der Waals surface area contributed by atoms with E-state index in [2.05, 4.69) is 33.2 Å². The minimum Gasteiger partial charge on any atom is -0.345 e. The molecule has 0 unspecified atom stereocenters. The molecular weight excluding hydrogens is 402 g/mol. The van der Waals surface area contributed by atoms with Crippen molar-refractivity contribution in [1.82, 2.24) is 15.0 Å². The van der Waals surface area contributed by atoms with Gasteiger partial charge in [-0.3, -0.25) is 9.78 Å². The molecule has 0 atom stereocenters. The molecule has 0 amide bonds. The standard InChI is InChI=1S/C26H27N3OS/c30-24(13-9-18-5-1-2-6-18)21-8-4-15-27-23(21)12-10-19-11-14-25(31-19)22-17-29-26-20(22)7-3-16-28-26/h3-4,7-8,11,14-18H,1-2,5-6,9-10,12-13H2,(H,28,29). The second-order valence-corrected chi connectivity index (χ2v) is 9.65. The van der Waals surface area contributed by atoms with Gasteiger partial charge < -0.3 is 4.98 Å². The number of nitrogens with zero attached hydrogens (tertiary/aromatic N) is 2. The van der Waals surface area contributed by atoms with Gasteiger partial charge in [-0.15, -0.1) is 11.3 Å². The van der Waals surface area contributed by atoms with Crippen molar-refractivity contribution >= 4 is 28.2 Å². The average molecular weight is 430 g/mol. The Kier molecular flexibility index (Phi) is 5.94. The van der Waals surface area contributed by atoms with Crippen LogP contribution in [0.3, 0.4) is 0 Å². The Morgan fingerprint density at radius 2 is 1.87 bits per heavy atom. The largest absolute Gasteiger partial charge is 0.345 e. The number of pyridine rings is 2. The summed E-state index contributed by atoms with van der Waals surface area (Å²) in [7, 11) is 0. The fourth-order valence-corrected chi connectivity index (χ4v) is 5.76. The van der Waals surface area contributed by atoms with Crippen molar-refractivity contribution in [2.24, 2.45) is 5.92 Å². The van der Waals surface area contributed by atoms with Gasteiger partial charge in [-0.1, -0.05) is 25.7 Å². The number of carbonyl (C=O) groups is 1. The molecule has 4 aromatic rings. The Balaban J connectivity index is 1.26. The SMILES string of the molecule is O=C(CCC1CCCC1)c1cccnc1CCc1ccc(-c2c[nH]c3ncccc23)s1. The number of carbonyl (C=O) groups excluding carboxylic acids is 1. The van der Waals surface area contributed by atoms with Crippen LogP contribution in [0.15, 0.2) is 55.0 Å². The third kappa shape index (κ3) is 4.47. The van der Waals surface area contributed by atoms with Crippen LogP contribution < -0.4 is 0 Å². The van der Waals surface area contributed by atoms with Gasteiger partial charge in [0.1, 0.15) is 5.65 Å². The maximum absolute atomic E-state index is 12.9. The molecule has 1 aliphatic carbocycles. The molecule has 1 saturated carbocycles. The summed E-state index contributed by atoms with van der Waals surface area (Å²) in [6, 6.07) is 12.3. The minimum absolute atomic E-state index is 0.258. The number of H-pyrrole nitrogens is 1. The lowest BCUT2D eigenvalue weighted by atomic mass is 9.96. The fourth-order valence-electron chi connectivity index (χ4n) is 4.72. The zero-order valence-corrected chi connectivity index (χ0v) is 18.5. The molecule has 158 valence electrons. The third-order valence-electron chi connectivity index (χ3n) is 6.43. The summed E-state index contributed by atoms with van der Waals surface area (Å²) in [5.74, 6) is 1.00. The lowest BCUT2D eigenvalue weighted by Crippen LogP contribution is -2.08. The molecule has 5 heteroatoms. The van der Waals surface area contributed by atoms with Crippen LogP contribution in [0.4, 0.5) is 0 Å². The molecule has 4 aromatic heterocycles. The van der Waals surface area contributed by atoms with Crippen molar-refractivity contribution < 1.29 is 4.79 Å². The summed E-state index contributed by atoms with van der Waals surface area (Å²) in [6.07, 6.45) is 14.3.